The van der Waals surface area contributed by atoms with Crippen LogP contribution in [0, 0.1) is 5.82 Å². The molecule has 4 aromatic rings. The lowest BCUT2D eigenvalue weighted by Gasteiger charge is -2.03. The van der Waals surface area contributed by atoms with Gasteiger partial charge in [0.25, 0.3) is 0 Å². The van der Waals surface area contributed by atoms with E-state index in [4.69, 9.17) is 0 Å². The lowest BCUT2D eigenvalue weighted by atomic mass is 10.2. The van der Waals surface area contributed by atoms with Crippen LogP contribution >= 0.6 is 15.9 Å². The Morgan fingerprint density at radius 3 is 2.70 bits per heavy atom. The Morgan fingerprint density at radius 1 is 1.04 bits per heavy atom. The zero-order valence-corrected chi connectivity index (χ0v) is 13.3. The van der Waals surface area contributed by atoms with Crippen LogP contribution in [0.4, 0.5) is 4.39 Å². The molecule has 0 saturated carbocycles. The molecule has 0 radical (unpaired) electrons. The maximum atomic E-state index is 13.0. The fourth-order valence-electron chi connectivity index (χ4n) is 2.32. The normalized spacial score (nSPS) is 11.7. The molecular weight excluding hydrogens is 361 g/mol. The van der Waals surface area contributed by atoms with Gasteiger partial charge in [-0.25, -0.2) is 9.37 Å². The minimum atomic E-state index is -0.264. The fraction of sp³-hybridized carbons (Fsp3) is 0. The van der Waals surface area contributed by atoms with Crippen LogP contribution in [0.2, 0.25) is 0 Å². The summed E-state index contributed by atoms with van der Waals surface area (Å²) in [4.78, 5) is 4.59. The van der Waals surface area contributed by atoms with Crippen molar-refractivity contribution in [2.45, 2.75) is 0 Å². The van der Waals surface area contributed by atoms with Crippen molar-refractivity contribution >= 4 is 44.6 Å². The van der Waals surface area contributed by atoms with Crippen LogP contribution in [0.15, 0.2) is 46.9 Å². The second kappa shape index (κ2) is 5.51. The Hall–Kier alpha value is -2.67. The van der Waals surface area contributed by atoms with Crippen molar-refractivity contribution in [1.29, 1.82) is 0 Å². The summed E-state index contributed by atoms with van der Waals surface area (Å²) >= 11 is 3.44. The Labute approximate surface area is 138 Å². The van der Waals surface area contributed by atoms with E-state index in [9.17, 15) is 4.39 Å². The van der Waals surface area contributed by atoms with E-state index in [1.54, 1.807) is 22.7 Å². The first-order valence-electron chi connectivity index (χ1n) is 6.82. The number of tetrazole rings is 1. The molecule has 2 aromatic carbocycles. The number of fused-ring (bicyclic) bond motifs is 3. The minimum Gasteiger partial charge on any atom is -0.228 e. The van der Waals surface area contributed by atoms with Gasteiger partial charge in [0.1, 0.15) is 5.82 Å². The maximum Gasteiger partial charge on any atom is 0.191 e. The summed E-state index contributed by atoms with van der Waals surface area (Å²) in [7, 11) is 0. The lowest BCUT2D eigenvalue weighted by molar-refractivity contribution is 0.628. The molecule has 0 N–H and O–H groups in total. The van der Waals surface area contributed by atoms with Crippen molar-refractivity contribution in [1.82, 2.24) is 25.0 Å². The molecule has 0 saturated heterocycles. The van der Waals surface area contributed by atoms with E-state index < -0.39 is 0 Å². The Kier molecular flexibility index (Phi) is 3.34. The van der Waals surface area contributed by atoms with Gasteiger partial charge in [0.15, 0.2) is 11.5 Å². The van der Waals surface area contributed by atoms with Crippen LogP contribution in [0.5, 0.6) is 0 Å². The maximum absolute atomic E-state index is 13.0. The molecule has 112 valence electrons. The van der Waals surface area contributed by atoms with Crippen molar-refractivity contribution in [3.8, 4) is 0 Å². The van der Waals surface area contributed by atoms with Crippen molar-refractivity contribution in [3.05, 3.63) is 64.1 Å². The number of hydrogen-bond acceptors (Lipinski definition) is 4. The number of halogens is 2. The van der Waals surface area contributed by atoms with Gasteiger partial charge in [-0.1, -0.05) is 34.1 Å². The molecule has 0 unspecified atom stereocenters. The molecule has 0 amide bonds. The molecule has 2 heterocycles. The highest BCUT2D eigenvalue weighted by molar-refractivity contribution is 9.10. The molecule has 0 aliphatic rings. The van der Waals surface area contributed by atoms with Gasteiger partial charge in [0.05, 0.1) is 5.52 Å². The number of nitrogens with zero attached hydrogens (tertiary/aromatic N) is 5. The molecule has 4 rings (SSSR count). The van der Waals surface area contributed by atoms with Crippen molar-refractivity contribution < 1.29 is 4.39 Å². The SMILES string of the molecule is Fc1ccc(/C=C/c2nc3ccc(Br)cc3c3nnnn23)cc1. The van der Waals surface area contributed by atoms with Gasteiger partial charge in [-0.3, -0.25) is 0 Å². The van der Waals surface area contributed by atoms with Gasteiger partial charge in [0.2, 0.25) is 0 Å². The topological polar surface area (TPSA) is 56.0 Å². The minimum absolute atomic E-state index is 0.264. The van der Waals surface area contributed by atoms with E-state index in [0.29, 0.717) is 11.5 Å². The predicted molar refractivity (Wildman–Crippen MR) is 89.1 cm³/mol. The molecule has 23 heavy (non-hydrogen) atoms. The smallest absolute Gasteiger partial charge is 0.191 e. The van der Waals surface area contributed by atoms with E-state index in [-0.39, 0.29) is 5.82 Å². The lowest BCUT2D eigenvalue weighted by Crippen LogP contribution is -1.99. The third-order valence-electron chi connectivity index (χ3n) is 3.42. The van der Waals surface area contributed by atoms with Crippen molar-refractivity contribution in [2.24, 2.45) is 0 Å². The standard InChI is InChI=1S/C16H9BrFN5/c17-11-4-7-14-13(9-11)16-20-21-22-23(16)15(19-14)8-3-10-1-5-12(18)6-2-10/h1-9H/b8-3+. The van der Waals surface area contributed by atoms with Gasteiger partial charge in [0, 0.05) is 9.86 Å². The summed E-state index contributed by atoms with van der Waals surface area (Å²) in [6.45, 7) is 0. The van der Waals surface area contributed by atoms with Gasteiger partial charge >= 0.3 is 0 Å². The second-order valence-corrected chi connectivity index (χ2v) is 5.85. The predicted octanol–water partition coefficient (Wildman–Crippen LogP) is 3.74. The van der Waals surface area contributed by atoms with Crippen LogP contribution in [0.1, 0.15) is 11.4 Å². The highest BCUT2D eigenvalue weighted by Gasteiger charge is 2.09. The van der Waals surface area contributed by atoms with Crippen LogP contribution in [0.25, 0.3) is 28.7 Å². The first-order chi connectivity index (χ1) is 11.2. The quantitative estimate of drug-likeness (QED) is 0.539. The van der Waals surface area contributed by atoms with Crippen LogP contribution in [0.3, 0.4) is 0 Å². The molecule has 0 aliphatic carbocycles. The summed E-state index contributed by atoms with van der Waals surface area (Å²) < 4.78 is 15.5. The number of benzene rings is 2. The van der Waals surface area contributed by atoms with Crippen LogP contribution in [-0.2, 0) is 0 Å². The Bertz CT molecular complexity index is 1040. The molecule has 5 nitrogen and oxygen atoms in total. The highest BCUT2D eigenvalue weighted by atomic mass is 79.9. The average Bonchev–Trinajstić information content (AvgIpc) is 3.04. The summed E-state index contributed by atoms with van der Waals surface area (Å²) in [5.74, 6) is 0.337. The molecule has 0 spiro atoms. The molecular formula is C16H9BrFN5. The largest absolute Gasteiger partial charge is 0.228 e. The average molecular weight is 370 g/mol. The van der Waals surface area contributed by atoms with Gasteiger partial charge in [-0.15, -0.1) is 5.10 Å². The van der Waals surface area contributed by atoms with E-state index in [2.05, 4.69) is 36.4 Å². The van der Waals surface area contributed by atoms with Gasteiger partial charge in [-0.2, -0.15) is 4.52 Å². The van der Waals surface area contributed by atoms with Gasteiger partial charge in [-0.05, 0) is 52.4 Å². The van der Waals surface area contributed by atoms with Crippen LogP contribution < -0.4 is 0 Å². The fourth-order valence-corrected chi connectivity index (χ4v) is 2.68. The molecule has 2 aromatic heterocycles. The third-order valence-corrected chi connectivity index (χ3v) is 3.91. The first kappa shape index (κ1) is 14.0. The molecule has 0 bridgehead atoms. The molecule has 0 atom stereocenters. The van der Waals surface area contributed by atoms with Gasteiger partial charge < -0.3 is 0 Å². The molecule has 7 heteroatoms. The Morgan fingerprint density at radius 2 is 1.87 bits per heavy atom. The Balaban J connectivity index is 1.87. The van der Waals surface area contributed by atoms with E-state index >= 15 is 0 Å². The van der Waals surface area contributed by atoms with E-state index in [0.717, 1.165) is 20.9 Å². The van der Waals surface area contributed by atoms with E-state index in [1.165, 1.54) is 12.1 Å². The molecule has 0 aliphatic heterocycles. The summed E-state index contributed by atoms with van der Waals surface area (Å²) in [6.07, 6.45) is 3.64. The second-order valence-electron chi connectivity index (χ2n) is 4.93. The number of hydrogen-bond donors (Lipinski definition) is 0. The summed E-state index contributed by atoms with van der Waals surface area (Å²) in [5, 5.41) is 12.7. The summed E-state index contributed by atoms with van der Waals surface area (Å²) in [5.41, 5.74) is 2.30. The van der Waals surface area contributed by atoms with Crippen molar-refractivity contribution in [3.63, 3.8) is 0 Å². The van der Waals surface area contributed by atoms with E-state index in [1.807, 2.05) is 24.3 Å². The number of rotatable bonds is 2. The monoisotopic (exact) mass is 369 g/mol. The first-order valence-corrected chi connectivity index (χ1v) is 7.61. The third kappa shape index (κ3) is 2.59. The molecule has 0 fully saturated rings. The number of aromatic nitrogens is 5. The van der Waals surface area contributed by atoms with Crippen LogP contribution in [-0.4, -0.2) is 25.0 Å². The van der Waals surface area contributed by atoms with Crippen molar-refractivity contribution in [2.75, 3.05) is 0 Å². The zero-order chi connectivity index (χ0) is 15.8. The summed E-state index contributed by atoms with van der Waals surface area (Å²) in [6, 6.07) is 12.0. The zero-order valence-electron chi connectivity index (χ0n) is 11.7. The highest BCUT2D eigenvalue weighted by Crippen LogP contribution is 2.22.